The first-order chi connectivity index (χ1) is 8.15. The predicted molar refractivity (Wildman–Crippen MR) is 74.9 cm³/mol. The van der Waals surface area contributed by atoms with E-state index in [0.717, 1.165) is 41.4 Å². The number of hydrogen-bond donors (Lipinski definition) is 1. The molecule has 1 atom stereocenters. The molecule has 0 amide bonds. The Morgan fingerprint density at radius 3 is 2.82 bits per heavy atom. The van der Waals surface area contributed by atoms with Gasteiger partial charge in [0.25, 0.3) is 0 Å². The Kier molecular flexibility index (Phi) is 6.45. The van der Waals surface area contributed by atoms with E-state index in [1.165, 1.54) is 0 Å². The topological polar surface area (TPSA) is 29.5 Å². The summed E-state index contributed by atoms with van der Waals surface area (Å²) in [6.45, 7) is 6.68. The lowest BCUT2D eigenvalue weighted by atomic mass is 10.1. The number of hydrogen-bond acceptors (Lipinski definition) is 3. The zero-order valence-corrected chi connectivity index (χ0v) is 11.7. The Hall–Kier alpha value is -0.670. The van der Waals surface area contributed by atoms with Crippen LogP contribution in [-0.2, 0) is 0 Å². The summed E-state index contributed by atoms with van der Waals surface area (Å²) in [4.78, 5) is 0. The smallest absolute Gasteiger partial charge is 0.125 e. The molecule has 0 radical (unpaired) electrons. The highest BCUT2D eigenvalue weighted by atomic mass is 32.2. The van der Waals surface area contributed by atoms with E-state index in [1.807, 2.05) is 36.9 Å². The van der Waals surface area contributed by atoms with Crippen LogP contribution in [0.4, 0.5) is 0 Å². The third-order valence-electron chi connectivity index (χ3n) is 2.51. The van der Waals surface area contributed by atoms with Gasteiger partial charge in [-0.25, -0.2) is 0 Å². The molecule has 1 rings (SSSR count). The zero-order valence-electron chi connectivity index (χ0n) is 10.9. The molecule has 0 heterocycles. The lowest BCUT2D eigenvalue weighted by Crippen LogP contribution is -2.03. The number of aliphatic hydroxyl groups excluding tert-OH is 1. The quantitative estimate of drug-likeness (QED) is 0.754. The fourth-order valence-electron chi connectivity index (χ4n) is 1.60. The van der Waals surface area contributed by atoms with Gasteiger partial charge in [0.2, 0.25) is 0 Å². The lowest BCUT2D eigenvalue weighted by Gasteiger charge is -2.14. The molecule has 0 saturated carbocycles. The van der Waals surface area contributed by atoms with E-state index in [1.54, 1.807) is 6.92 Å². The minimum atomic E-state index is -0.476. The molecule has 17 heavy (non-hydrogen) atoms. The van der Waals surface area contributed by atoms with Crippen LogP contribution >= 0.6 is 11.8 Å². The normalized spacial score (nSPS) is 12.5. The molecule has 0 fully saturated rings. The molecule has 0 bridgehead atoms. The Labute approximate surface area is 108 Å². The largest absolute Gasteiger partial charge is 0.493 e. The average Bonchev–Trinajstić information content (AvgIpc) is 2.28. The van der Waals surface area contributed by atoms with Crippen LogP contribution < -0.4 is 4.74 Å². The Bertz CT molecular complexity index is 337. The SMILES string of the molecule is CCSCCCOc1cc(C)ccc1C(C)O. The molecule has 1 unspecified atom stereocenters. The molecule has 0 aliphatic carbocycles. The minimum absolute atomic E-state index is 0.476. The van der Waals surface area contributed by atoms with Crippen molar-refractivity contribution >= 4 is 11.8 Å². The van der Waals surface area contributed by atoms with Crippen molar-refractivity contribution in [1.82, 2.24) is 0 Å². The van der Waals surface area contributed by atoms with Crippen molar-refractivity contribution < 1.29 is 9.84 Å². The second-order valence-corrected chi connectivity index (χ2v) is 5.51. The first-order valence-corrected chi connectivity index (χ1v) is 7.29. The Balaban J connectivity index is 2.53. The Morgan fingerprint density at radius 2 is 2.18 bits per heavy atom. The summed E-state index contributed by atoms with van der Waals surface area (Å²) in [5.74, 6) is 3.11. The van der Waals surface area contributed by atoms with Crippen molar-refractivity contribution in [2.24, 2.45) is 0 Å². The molecule has 3 heteroatoms. The van der Waals surface area contributed by atoms with Crippen molar-refractivity contribution in [3.05, 3.63) is 29.3 Å². The van der Waals surface area contributed by atoms with Gasteiger partial charge in [0.15, 0.2) is 0 Å². The molecule has 0 saturated heterocycles. The molecule has 1 aromatic rings. The number of benzene rings is 1. The highest BCUT2D eigenvalue weighted by Crippen LogP contribution is 2.26. The predicted octanol–water partition coefficient (Wildman–Crippen LogP) is 3.57. The molecule has 96 valence electrons. The van der Waals surface area contributed by atoms with E-state index in [4.69, 9.17) is 4.74 Å². The highest BCUT2D eigenvalue weighted by molar-refractivity contribution is 7.99. The molecule has 1 aromatic carbocycles. The summed E-state index contributed by atoms with van der Waals surface area (Å²) in [6, 6.07) is 5.94. The molecule has 0 aliphatic rings. The monoisotopic (exact) mass is 254 g/mol. The van der Waals surface area contributed by atoms with Gasteiger partial charge in [-0.15, -0.1) is 0 Å². The highest BCUT2D eigenvalue weighted by Gasteiger charge is 2.08. The van der Waals surface area contributed by atoms with Crippen molar-refractivity contribution in [3.8, 4) is 5.75 Å². The average molecular weight is 254 g/mol. The van der Waals surface area contributed by atoms with E-state index in [2.05, 4.69) is 6.92 Å². The summed E-state index contributed by atoms with van der Waals surface area (Å²) in [6.07, 6.45) is 0.571. The second kappa shape index (κ2) is 7.62. The summed E-state index contributed by atoms with van der Waals surface area (Å²) in [5, 5.41) is 9.65. The van der Waals surface area contributed by atoms with Gasteiger partial charge in [0, 0.05) is 5.56 Å². The van der Waals surface area contributed by atoms with Gasteiger partial charge >= 0.3 is 0 Å². The summed E-state index contributed by atoms with van der Waals surface area (Å²) >= 11 is 1.93. The van der Waals surface area contributed by atoms with Crippen molar-refractivity contribution in [3.63, 3.8) is 0 Å². The Morgan fingerprint density at radius 1 is 1.41 bits per heavy atom. The van der Waals surface area contributed by atoms with Gasteiger partial charge < -0.3 is 9.84 Å². The van der Waals surface area contributed by atoms with Gasteiger partial charge in [-0.05, 0) is 43.4 Å². The lowest BCUT2D eigenvalue weighted by molar-refractivity contribution is 0.191. The van der Waals surface area contributed by atoms with Crippen LogP contribution in [0, 0.1) is 6.92 Å². The maximum Gasteiger partial charge on any atom is 0.125 e. The van der Waals surface area contributed by atoms with E-state index in [0.29, 0.717) is 0 Å². The van der Waals surface area contributed by atoms with Crippen LogP contribution in [0.2, 0.25) is 0 Å². The van der Waals surface area contributed by atoms with Gasteiger partial charge in [0.1, 0.15) is 5.75 Å². The van der Waals surface area contributed by atoms with E-state index in [9.17, 15) is 5.11 Å². The minimum Gasteiger partial charge on any atom is -0.493 e. The van der Waals surface area contributed by atoms with E-state index < -0.39 is 6.10 Å². The first-order valence-electron chi connectivity index (χ1n) is 6.14. The van der Waals surface area contributed by atoms with Crippen LogP contribution in [-0.4, -0.2) is 23.2 Å². The van der Waals surface area contributed by atoms with Crippen molar-refractivity contribution in [2.75, 3.05) is 18.1 Å². The van der Waals surface area contributed by atoms with Crippen LogP contribution in [0.25, 0.3) is 0 Å². The van der Waals surface area contributed by atoms with Crippen molar-refractivity contribution in [2.45, 2.75) is 33.3 Å². The van der Waals surface area contributed by atoms with Crippen LogP contribution in [0.5, 0.6) is 5.75 Å². The zero-order chi connectivity index (χ0) is 12.7. The number of aliphatic hydroxyl groups is 1. The standard InChI is InChI=1S/C14H22O2S/c1-4-17-9-5-8-16-14-10-11(2)6-7-13(14)12(3)15/h6-7,10,12,15H,4-5,8-9H2,1-3H3. The fraction of sp³-hybridized carbons (Fsp3) is 0.571. The first kappa shape index (κ1) is 14.4. The fourth-order valence-corrected chi connectivity index (χ4v) is 2.21. The van der Waals surface area contributed by atoms with E-state index in [-0.39, 0.29) is 0 Å². The molecular weight excluding hydrogens is 232 g/mol. The number of rotatable bonds is 7. The number of aryl methyl sites for hydroxylation is 1. The van der Waals surface area contributed by atoms with Gasteiger partial charge in [-0.3, -0.25) is 0 Å². The second-order valence-electron chi connectivity index (χ2n) is 4.12. The number of thioether (sulfide) groups is 1. The maximum absolute atomic E-state index is 9.65. The molecule has 0 aromatic heterocycles. The maximum atomic E-state index is 9.65. The van der Waals surface area contributed by atoms with Gasteiger partial charge in [0.05, 0.1) is 12.7 Å². The summed E-state index contributed by atoms with van der Waals surface area (Å²) in [7, 11) is 0. The van der Waals surface area contributed by atoms with Gasteiger partial charge in [-0.1, -0.05) is 19.1 Å². The third-order valence-corrected chi connectivity index (χ3v) is 3.50. The van der Waals surface area contributed by atoms with Crippen LogP contribution in [0.1, 0.15) is 37.5 Å². The van der Waals surface area contributed by atoms with Crippen LogP contribution in [0.3, 0.4) is 0 Å². The number of ether oxygens (including phenoxy) is 1. The van der Waals surface area contributed by atoms with E-state index >= 15 is 0 Å². The van der Waals surface area contributed by atoms with Crippen LogP contribution in [0.15, 0.2) is 18.2 Å². The molecule has 0 spiro atoms. The molecule has 2 nitrogen and oxygen atoms in total. The molecule has 0 aliphatic heterocycles. The third kappa shape index (κ3) is 5.00. The van der Waals surface area contributed by atoms with Gasteiger partial charge in [-0.2, -0.15) is 11.8 Å². The molecular formula is C14H22O2S. The summed E-state index contributed by atoms with van der Waals surface area (Å²) < 4.78 is 5.75. The summed E-state index contributed by atoms with van der Waals surface area (Å²) in [5.41, 5.74) is 2.03. The van der Waals surface area contributed by atoms with Crippen molar-refractivity contribution in [1.29, 1.82) is 0 Å². The molecule has 1 N–H and O–H groups in total.